The molecule has 0 bridgehead atoms. The van der Waals surface area contributed by atoms with Crippen LogP contribution < -0.4 is 0 Å². The monoisotopic (exact) mass is 400 g/mol. The van der Waals surface area contributed by atoms with Crippen LogP contribution in [-0.4, -0.2) is 41.6 Å². The van der Waals surface area contributed by atoms with Crippen LogP contribution in [0.25, 0.3) is 0 Å². The van der Waals surface area contributed by atoms with Gasteiger partial charge in [0.15, 0.2) is 5.78 Å². The third kappa shape index (κ3) is 5.01. The van der Waals surface area contributed by atoms with Gasteiger partial charge >= 0.3 is 11.9 Å². The lowest BCUT2D eigenvalue weighted by Crippen LogP contribution is -2.55. The van der Waals surface area contributed by atoms with Gasteiger partial charge in [-0.05, 0) is 24.5 Å². The predicted molar refractivity (Wildman–Crippen MR) is 108 cm³/mol. The molecule has 0 aliphatic heterocycles. The molecular formula is C23H28O6. The Balaban J connectivity index is 2.56. The van der Waals surface area contributed by atoms with Crippen LogP contribution in [0.2, 0.25) is 0 Å². The smallest absolute Gasteiger partial charge is 0.317 e. The first-order valence-corrected chi connectivity index (χ1v) is 9.65. The van der Waals surface area contributed by atoms with Crippen LogP contribution in [0.4, 0.5) is 0 Å². The number of carbonyl (C=O) groups excluding carboxylic acids is 3. The summed E-state index contributed by atoms with van der Waals surface area (Å²) in [4.78, 5) is 38.4. The maximum atomic E-state index is 12.9. The van der Waals surface area contributed by atoms with Crippen molar-refractivity contribution >= 4 is 17.7 Å². The zero-order valence-electron chi connectivity index (χ0n) is 16.9. The molecule has 2 rings (SSSR count). The van der Waals surface area contributed by atoms with E-state index in [2.05, 4.69) is 13.2 Å². The van der Waals surface area contributed by atoms with Crippen LogP contribution in [0.1, 0.15) is 37.3 Å². The summed E-state index contributed by atoms with van der Waals surface area (Å²) in [7, 11) is 0. The normalized spacial score (nSPS) is 26.4. The summed E-state index contributed by atoms with van der Waals surface area (Å²) >= 11 is 0. The van der Waals surface area contributed by atoms with Gasteiger partial charge in [0.2, 0.25) is 0 Å². The van der Waals surface area contributed by atoms with Gasteiger partial charge < -0.3 is 14.6 Å². The summed E-state index contributed by atoms with van der Waals surface area (Å²) in [5.41, 5.74) is -0.00519. The number of ether oxygens (including phenoxy) is 2. The maximum absolute atomic E-state index is 12.9. The van der Waals surface area contributed by atoms with Gasteiger partial charge in [-0.3, -0.25) is 14.4 Å². The fourth-order valence-electron chi connectivity index (χ4n) is 3.85. The van der Waals surface area contributed by atoms with Crippen molar-refractivity contribution in [3.63, 3.8) is 0 Å². The number of Topliss-reactive ketones (excluding diaryl/α,β-unsaturated/α-hetero) is 1. The quantitative estimate of drug-likeness (QED) is 0.410. The van der Waals surface area contributed by atoms with Crippen molar-refractivity contribution in [2.45, 2.75) is 38.2 Å². The summed E-state index contributed by atoms with van der Waals surface area (Å²) in [5, 5.41) is 11.0. The van der Waals surface area contributed by atoms with Gasteiger partial charge in [0.1, 0.15) is 19.1 Å². The first kappa shape index (κ1) is 22.6. The van der Waals surface area contributed by atoms with Crippen LogP contribution in [0.15, 0.2) is 49.6 Å². The maximum Gasteiger partial charge on any atom is 0.317 e. The predicted octanol–water partition coefficient (Wildman–Crippen LogP) is 2.75. The molecule has 1 aliphatic carbocycles. The van der Waals surface area contributed by atoms with E-state index in [1.54, 1.807) is 12.1 Å². The average Bonchev–Trinajstić information content (AvgIpc) is 2.69. The Labute approximate surface area is 171 Å². The van der Waals surface area contributed by atoms with Crippen molar-refractivity contribution in [2.24, 2.45) is 11.8 Å². The third-order valence-electron chi connectivity index (χ3n) is 5.23. The van der Waals surface area contributed by atoms with E-state index in [9.17, 15) is 19.5 Å². The number of rotatable bonds is 8. The van der Waals surface area contributed by atoms with E-state index in [-0.39, 0.29) is 19.6 Å². The largest absolute Gasteiger partial charge is 0.461 e. The van der Waals surface area contributed by atoms with E-state index < -0.39 is 41.1 Å². The second kappa shape index (κ2) is 9.65. The van der Waals surface area contributed by atoms with Gasteiger partial charge in [-0.2, -0.15) is 0 Å². The molecule has 0 heterocycles. The minimum Gasteiger partial charge on any atom is -0.461 e. The third-order valence-corrected chi connectivity index (χ3v) is 5.23. The van der Waals surface area contributed by atoms with Crippen molar-refractivity contribution in [3.05, 3.63) is 60.7 Å². The van der Waals surface area contributed by atoms with Crippen LogP contribution >= 0.6 is 0 Å². The van der Waals surface area contributed by atoms with E-state index in [4.69, 9.17) is 9.47 Å². The number of esters is 2. The number of carbonyl (C=O) groups is 3. The summed E-state index contributed by atoms with van der Waals surface area (Å²) in [6.07, 6.45) is 3.29. The first-order valence-electron chi connectivity index (χ1n) is 9.65. The number of benzene rings is 1. The Morgan fingerprint density at radius 3 is 2.21 bits per heavy atom. The minimum atomic E-state index is -1.67. The first-order chi connectivity index (χ1) is 13.8. The molecular weight excluding hydrogens is 372 g/mol. The van der Waals surface area contributed by atoms with Crippen LogP contribution in [0, 0.1) is 11.8 Å². The molecule has 4 atom stereocenters. The molecule has 0 amide bonds. The van der Waals surface area contributed by atoms with Gasteiger partial charge in [-0.15, -0.1) is 0 Å². The molecule has 6 heteroatoms. The fraction of sp³-hybridized carbons (Fsp3) is 0.435. The molecule has 1 N–H and O–H groups in total. The highest BCUT2D eigenvalue weighted by atomic mass is 16.5. The highest BCUT2D eigenvalue weighted by molar-refractivity contribution is 6.02. The highest BCUT2D eigenvalue weighted by Crippen LogP contribution is 2.46. The molecule has 1 fully saturated rings. The number of aryl methyl sites for hydroxylation is 1. The van der Waals surface area contributed by atoms with E-state index >= 15 is 0 Å². The second-order valence-corrected chi connectivity index (χ2v) is 7.41. The summed E-state index contributed by atoms with van der Waals surface area (Å²) in [5.74, 6) is -5.14. The average molecular weight is 400 g/mol. The molecule has 156 valence electrons. The van der Waals surface area contributed by atoms with Crippen LogP contribution in [-0.2, 0) is 30.3 Å². The number of hydrogen-bond acceptors (Lipinski definition) is 6. The molecule has 6 nitrogen and oxygen atoms in total. The Hall–Kier alpha value is -2.73. The van der Waals surface area contributed by atoms with Crippen LogP contribution in [0.3, 0.4) is 0 Å². The second-order valence-electron chi connectivity index (χ2n) is 7.41. The number of ketones is 1. The molecule has 1 aromatic carbocycles. The standard InChI is InChI=1S/C23H28O6/c1-5-12-28-21(25)19-17(24)14-23(4,27)20(22(26)29-13-6-2)18(19)16-10-8-15(7-3)9-11-16/h5-6,8-11,18-20,27H,1-2,7,12-14H2,3-4H3/t18-,19+,20-,23-/m0/s1. The van der Waals surface area contributed by atoms with Gasteiger partial charge in [0, 0.05) is 12.3 Å². The summed E-state index contributed by atoms with van der Waals surface area (Å²) < 4.78 is 10.4. The Morgan fingerprint density at radius 2 is 1.69 bits per heavy atom. The number of aliphatic hydroxyl groups is 1. The van der Waals surface area contributed by atoms with Crippen molar-refractivity contribution in [1.29, 1.82) is 0 Å². The van der Waals surface area contributed by atoms with Gasteiger partial charge in [0.25, 0.3) is 0 Å². The molecule has 0 radical (unpaired) electrons. The highest BCUT2D eigenvalue weighted by Gasteiger charge is 2.57. The van der Waals surface area contributed by atoms with Gasteiger partial charge in [-0.25, -0.2) is 0 Å². The topological polar surface area (TPSA) is 89.9 Å². The molecule has 29 heavy (non-hydrogen) atoms. The van der Waals surface area contributed by atoms with Crippen LogP contribution in [0.5, 0.6) is 0 Å². The SMILES string of the molecule is C=CCOC(=O)[C@@H]1C(=O)C[C@](C)(O)[C@H](C(=O)OCC=C)[C@H]1c1ccc(CC)cc1. The Bertz CT molecular complexity index is 777. The minimum absolute atomic E-state index is 0.0353. The van der Waals surface area contributed by atoms with E-state index in [1.165, 1.54) is 19.1 Å². The van der Waals surface area contributed by atoms with E-state index in [0.717, 1.165) is 12.0 Å². The number of hydrogen-bond donors (Lipinski definition) is 1. The lowest BCUT2D eigenvalue weighted by Gasteiger charge is -2.43. The molecule has 1 aliphatic rings. The van der Waals surface area contributed by atoms with Gasteiger partial charge in [0.05, 0.1) is 11.5 Å². The fourth-order valence-corrected chi connectivity index (χ4v) is 3.85. The molecule has 1 aromatic rings. The molecule has 0 spiro atoms. The van der Waals surface area contributed by atoms with E-state index in [1.807, 2.05) is 19.1 Å². The zero-order valence-corrected chi connectivity index (χ0v) is 16.9. The molecule has 0 saturated heterocycles. The lowest BCUT2D eigenvalue weighted by atomic mass is 9.61. The summed E-state index contributed by atoms with van der Waals surface area (Å²) in [6.45, 7) is 10.4. The molecule has 0 unspecified atom stereocenters. The van der Waals surface area contributed by atoms with E-state index in [0.29, 0.717) is 5.56 Å². The Morgan fingerprint density at radius 1 is 1.14 bits per heavy atom. The van der Waals surface area contributed by atoms with Crippen molar-refractivity contribution in [1.82, 2.24) is 0 Å². The lowest BCUT2D eigenvalue weighted by molar-refractivity contribution is -0.171. The molecule has 0 aromatic heterocycles. The van der Waals surface area contributed by atoms with Crippen molar-refractivity contribution < 1.29 is 29.0 Å². The van der Waals surface area contributed by atoms with Gasteiger partial charge in [-0.1, -0.05) is 56.5 Å². The Kier molecular flexibility index (Phi) is 7.51. The summed E-state index contributed by atoms with van der Waals surface area (Å²) in [6, 6.07) is 7.31. The van der Waals surface area contributed by atoms with Crippen molar-refractivity contribution in [2.75, 3.05) is 13.2 Å². The van der Waals surface area contributed by atoms with Crippen molar-refractivity contribution in [3.8, 4) is 0 Å². The zero-order chi connectivity index (χ0) is 21.6. The molecule has 1 saturated carbocycles.